The number of hydrogen-bond donors (Lipinski definition) is 0. The average Bonchev–Trinajstić information content (AvgIpc) is 2.60. The number of amides is 1. The van der Waals surface area contributed by atoms with Crippen LogP contribution < -0.4 is 0 Å². The maximum Gasteiger partial charge on any atom is 0.222 e. The summed E-state index contributed by atoms with van der Waals surface area (Å²) in [6.45, 7) is 6.27. The van der Waals surface area contributed by atoms with Gasteiger partial charge < -0.3 is 4.90 Å². The van der Waals surface area contributed by atoms with Gasteiger partial charge in [0.1, 0.15) is 5.78 Å². The van der Waals surface area contributed by atoms with E-state index >= 15 is 0 Å². The molecule has 0 bridgehead atoms. The Morgan fingerprint density at radius 1 is 1.00 bits per heavy atom. The van der Waals surface area contributed by atoms with Crippen molar-refractivity contribution in [2.75, 3.05) is 13.1 Å². The van der Waals surface area contributed by atoms with E-state index in [4.69, 9.17) is 0 Å². The zero-order valence-electron chi connectivity index (χ0n) is 15.9. The van der Waals surface area contributed by atoms with Gasteiger partial charge >= 0.3 is 0 Å². The van der Waals surface area contributed by atoms with Crippen LogP contribution in [0.4, 0.5) is 0 Å². The van der Waals surface area contributed by atoms with Gasteiger partial charge in [-0.2, -0.15) is 0 Å². The lowest BCUT2D eigenvalue weighted by Gasteiger charge is -2.41. The fraction of sp³-hybridized carbons (Fsp3) is 0.905. The molecule has 1 heterocycles. The molecule has 24 heavy (non-hydrogen) atoms. The Labute approximate surface area is 148 Å². The lowest BCUT2D eigenvalue weighted by atomic mass is 9.75. The summed E-state index contributed by atoms with van der Waals surface area (Å²) in [6, 6.07) is 0. The van der Waals surface area contributed by atoms with E-state index in [2.05, 4.69) is 18.7 Å². The van der Waals surface area contributed by atoms with Gasteiger partial charge in [0.2, 0.25) is 5.91 Å². The van der Waals surface area contributed by atoms with Gasteiger partial charge in [0.15, 0.2) is 0 Å². The molecule has 3 nitrogen and oxygen atoms in total. The molecule has 3 unspecified atom stereocenters. The van der Waals surface area contributed by atoms with Crippen LogP contribution in [0.3, 0.4) is 0 Å². The average molecular weight is 336 g/mol. The molecule has 2 rings (SSSR count). The summed E-state index contributed by atoms with van der Waals surface area (Å²) in [4.78, 5) is 26.4. The zero-order chi connectivity index (χ0) is 17.4. The van der Waals surface area contributed by atoms with E-state index in [-0.39, 0.29) is 0 Å². The minimum Gasteiger partial charge on any atom is -0.342 e. The lowest BCUT2D eigenvalue weighted by molar-refractivity contribution is -0.134. The van der Waals surface area contributed by atoms with Crippen LogP contribution in [0.15, 0.2) is 0 Å². The molecule has 138 valence electrons. The Morgan fingerprint density at radius 3 is 2.46 bits per heavy atom. The Bertz CT molecular complexity index is 407. The fourth-order valence-corrected chi connectivity index (χ4v) is 4.40. The number of likely N-dealkylation sites (tertiary alicyclic amines) is 1. The smallest absolute Gasteiger partial charge is 0.222 e. The molecule has 1 saturated heterocycles. The van der Waals surface area contributed by atoms with Gasteiger partial charge in [-0.3, -0.25) is 9.59 Å². The molecule has 2 fully saturated rings. The van der Waals surface area contributed by atoms with Crippen molar-refractivity contribution < 1.29 is 9.59 Å². The van der Waals surface area contributed by atoms with Gasteiger partial charge in [0, 0.05) is 32.4 Å². The molecule has 1 saturated carbocycles. The van der Waals surface area contributed by atoms with Gasteiger partial charge in [-0.15, -0.1) is 0 Å². The fourth-order valence-electron chi connectivity index (χ4n) is 4.40. The van der Waals surface area contributed by atoms with Crippen LogP contribution >= 0.6 is 0 Å². The second kappa shape index (κ2) is 10.2. The molecule has 0 N–H and O–H groups in total. The number of unbranched alkanes of at least 4 members (excludes halogenated alkanes) is 2. The first-order valence-corrected chi connectivity index (χ1v) is 10.4. The lowest BCUT2D eigenvalue weighted by Crippen LogP contribution is -2.44. The first-order chi connectivity index (χ1) is 11.6. The molecule has 0 aromatic carbocycles. The maximum atomic E-state index is 12.4. The van der Waals surface area contributed by atoms with Crippen LogP contribution in [0.5, 0.6) is 0 Å². The van der Waals surface area contributed by atoms with Crippen LogP contribution in [0.1, 0.15) is 90.9 Å². The van der Waals surface area contributed by atoms with E-state index in [0.717, 1.165) is 57.0 Å². The Morgan fingerprint density at radius 2 is 1.71 bits per heavy atom. The summed E-state index contributed by atoms with van der Waals surface area (Å²) in [5.41, 5.74) is 0. The third kappa shape index (κ3) is 6.22. The quantitative estimate of drug-likeness (QED) is 0.557. The highest BCUT2D eigenvalue weighted by Gasteiger charge is 2.32. The molecular weight excluding hydrogens is 298 g/mol. The summed E-state index contributed by atoms with van der Waals surface area (Å²) >= 11 is 0. The first kappa shape index (κ1) is 19.5. The van der Waals surface area contributed by atoms with Crippen molar-refractivity contribution in [3.8, 4) is 0 Å². The van der Waals surface area contributed by atoms with Crippen molar-refractivity contribution in [2.24, 2.45) is 17.8 Å². The van der Waals surface area contributed by atoms with Crippen LogP contribution in [0.25, 0.3) is 0 Å². The second-order valence-corrected chi connectivity index (χ2v) is 8.25. The van der Waals surface area contributed by atoms with Gasteiger partial charge in [0.05, 0.1) is 0 Å². The van der Waals surface area contributed by atoms with Crippen LogP contribution in [0.2, 0.25) is 0 Å². The maximum absolute atomic E-state index is 12.4. The zero-order valence-corrected chi connectivity index (χ0v) is 15.9. The summed E-state index contributed by atoms with van der Waals surface area (Å²) in [6.07, 6.45) is 12.8. The van der Waals surface area contributed by atoms with E-state index in [1.165, 1.54) is 32.1 Å². The Balaban J connectivity index is 1.56. The normalized spacial score (nSPS) is 25.2. The summed E-state index contributed by atoms with van der Waals surface area (Å²) in [5.74, 6) is 2.93. The summed E-state index contributed by atoms with van der Waals surface area (Å²) in [7, 11) is 0. The van der Waals surface area contributed by atoms with Crippen molar-refractivity contribution in [3.05, 3.63) is 0 Å². The predicted octanol–water partition coefficient (Wildman–Crippen LogP) is 4.98. The number of hydrogen-bond acceptors (Lipinski definition) is 2. The SMILES string of the molecule is CCC(C)CC(=O)CCCCCC(=O)N1CCC2CCCCC2C1. The number of Topliss-reactive ketones (excluding diaryl/α,β-unsaturated/α-hetero) is 1. The van der Waals surface area contributed by atoms with Crippen molar-refractivity contribution >= 4 is 11.7 Å². The molecule has 2 aliphatic rings. The highest BCUT2D eigenvalue weighted by molar-refractivity contribution is 5.78. The van der Waals surface area contributed by atoms with E-state index in [1.54, 1.807) is 0 Å². The molecule has 1 aliphatic heterocycles. The van der Waals surface area contributed by atoms with E-state index in [9.17, 15) is 9.59 Å². The number of carbonyl (C=O) groups is 2. The molecule has 3 heteroatoms. The molecule has 0 radical (unpaired) electrons. The number of nitrogens with zero attached hydrogens (tertiary/aromatic N) is 1. The van der Waals surface area contributed by atoms with E-state index < -0.39 is 0 Å². The second-order valence-electron chi connectivity index (χ2n) is 8.25. The number of piperidine rings is 1. The molecule has 0 aromatic rings. The van der Waals surface area contributed by atoms with Gasteiger partial charge in [-0.1, -0.05) is 46.0 Å². The molecule has 3 atom stereocenters. The Kier molecular flexibility index (Phi) is 8.28. The highest BCUT2D eigenvalue weighted by atomic mass is 16.2. The number of ketones is 1. The first-order valence-electron chi connectivity index (χ1n) is 10.4. The third-order valence-corrected chi connectivity index (χ3v) is 6.26. The number of fused-ring (bicyclic) bond motifs is 1. The van der Waals surface area contributed by atoms with Gasteiger partial charge in [-0.05, 0) is 43.4 Å². The minimum absolute atomic E-state index is 0.352. The Hall–Kier alpha value is -0.860. The molecule has 0 aromatic heterocycles. The minimum atomic E-state index is 0.352. The predicted molar refractivity (Wildman–Crippen MR) is 98.8 cm³/mol. The molecule has 1 aliphatic carbocycles. The largest absolute Gasteiger partial charge is 0.342 e. The standard InChI is InChI=1S/C21H37NO2/c1-3-17(2)15-20(23)11-5-4-6-12-21(24)22-14-13-18-9-7-8-10-19(18)16-22/h17-19H,3-16H2,1-2H3. The van der Waals surface area contributed by atoms with Gasteiger partial charge in [-0.25, -0.2) is 0 Å². The summed E-state index contributed by atoms with van der Waals surface area (Å²) in [5, 5.41) is 0. The van der Waals surface area contributed by atoms with Crippen LogP contribution in [-0.4, -0.2) is 29.7 Å². The molecule has 0 spiro atoms. The van der Waals surface area contributed by atoms with Crippen LogP contribution in [0, 0.1) is 17.8 Å². The monoisotopic (exact) mass is 335 g/mol. The van der Waals surface area contributed by atoms with Crippen molar-refractivity contribution in [3.63, 3.8) is 0 Å². The summed E-state index contributed by atoms with van der Waals surface area (Å²) < 4.78 is 0. The van der Waals surface area contributed by atoms with Gasteiger partial charge in [0.25, 0.3) is 0 Å². The van der Waals surface area contributed by atoms with E-state index in [1.807, 2.05) is 0 Å². The van der Waals surface area contributed by atoms with Crippen molar-refractivity contribution in [2.45, 2.75) is 90.9 Å². The number of carbonyl (C=O) groups excluding carboxylic acids is 2. The van der Waals surface area contributed by atoms with Crippen molar-refractivity contribution in [1.82, 2.24) is 4.90 Å². The molecular formula is C21H37NO2. The van der Waals surface area contributed by atoms with E-state index in [0.29, 0.717) is 30.4 Å². The highest BCUT2D eigenvalue weighted by Crippen LogP contribution is 2.36. The third-order valence-electron chi connectivity index (χ3n) is 6.26. The number of rotatable bonds is 9. The molecule has 1 amide bonds. The topological polar surface area (TPSA) is 37.4 Å². The van der Waals surface area contributed by atoms with Crippen molar-refractivity contribution in [1.29, 1.82) is 0 Å². The van der Waals surface area contributed by atoms with Crippen LogP contribution in [-0.2, 0) is 9.59 Å².